The second-order valence-corrected chi connectivity index (χ2v) is 5.57. The maximum atomic E-state index is 12.0. The standard InChI is InChI=1S/C18H14ClN3O3/c19-16-10-13(7-8-20-16)17(23)21-11-12-3-5-14(6-4-12)22-18(24)15-2-1-9-25-15/h1-10H,11H2,(H,21,23)(H,22,24). The third-order valence-electron chi connectivity index (χ3n) is 3.40. The molecule has 6 nitrogen and oxygen atoms in total. The number of furan rings is 1. The van der Waals surface area contributed by atoms with Crippen LogP contribution in [0.15, 0.2) is 65.4 Å². The second-order valence-electron chi connectivity index (χ2n) is 5.18. The zero-order chi connectivity index (χ0) is 17.6. The Bertz CT molecular complexity index is 877. The van der Waals surface area contributed by atoms with Gasteiger partial charge in [0.05, 0.1) is 6.26 Å². The third-order valence-corrected chi connectivity index (χ3v) is 3.61. The van der Waals surface area contributed by atoms with E-state index in [1.807, 2.05) is 12.1 Å². The van der Waals surface area contributed by atoms with Crippen molar-refractivity contribution < 1.29 is 14.0 Å². The van der Waals surface area contributed by atoms with Crippen molar-refractivity contribution in [3.05, 3.63) is 83.0 Å². The topological polar surface area (TPSA) is 84.2 Å². The number of benzene rings is 1. The van der Waals surface area contributed by atoms with Gasteiger partial charge in [-0.05, 0) is 42.0 Å². The van der Waals surface area contributed by atoms with Crippen molar-refractivity contribution in [2.75, 3.05) is 5.32 Å². The van der Waals surface area contributed by atoms with E-state index < -0.39 is 0 Å². The lowest BCUT2D eigenvalue weighted by atomic mass is 10.2. The molecule has 0 aliphatic rings. The summed E-state index contributed by atoms with van der Waals surface area (Å²) in [4.78, 5) is 27.8. The van der Waals surface area contributed by atoms with E-state index in [0.717, 1.165) is 5.56 Å². The van der Waals surface area contributed by atoms with Crippen molar-refractivity contribution >= 4 is 29.1 Å². The Morgan fingerprint density at radius 1 is 1.08 bits per heavy atom. The highest BCUT2D eigenvalue weighted by Gasteiger charge is 2.09. The van der Waals surface area contributed by atoms with Gasteiger partial charge in [-0.15, -0.1) is 0 Å². The number of anilines is 1. The van der Waals surface area contributed by atoms with Crippen molar-refractivity contribution in [1.29, 1.82) is 0 Å². The molecule has 25 heavy (non-hydrogen) atoms. The Kier molecular flexibility index (Phi) is 5.11. The quantitative estimate of drug-likeness (QED) is 0.686. The number of rotatable bonds is 5. The van der Waals surface area contributed by atoms with E-state index in [9.17, 15) is 9.59 Å². The summed E-state index contributed by atoms with van der Waals surface area (Å²) in [6.45, 7) is 0.352. The van der Waals surface area contributed by atoms with Gasteiger partial charge in [0.25, 0.3) is 11.8 Å². The Balaban J connectivity index is 1.56. The van der Waals surface area contributed by atoms with E-state index in [2.05, 4.69) is 15.6 Å². The molecule has 0 radical (unpaired) electrons. The molecule has 0 atom stereocenters. The SMILES string of the molecule is O=C(NCc1ccc(NC(=O)c2ccco2)cc1)c1ccnc(Cl)c1. The summed E-state index contributed by atoms with van der Waals surface area (Å²) in [6.07, 6.45) is 2.92. The van der Waals surface area contributed by atoms with Gasteiger partial charge in [-0.3, -0.25) is 9.59 Å². The number of pyridine rings is 1. The molecule has 0 spiro atoms. The van der Waals surface area contributed by atoms with Crippen LogP contribution in [0, 0.1) is 0 Å². The minimum atomic E-state index is -0.319. The average Bonchev–Trinajstić information content (AvgIpc) is 3.16. The van der Waals surface area contributed by atoms with Crippen LogP contribution < -0.4 is 10.6 Å². The maximum Gasteiger partial charge on any atom is 0.291 e. The number of nitrogens with zero attached hydrogens (tertiary/aromatic N) is 1. The normalized spacial score (nSPS) is 10.3. The predicted molar refractivity (Wildman–Crippen MR) is 93.5 cm³/mol. The van der Waals surface area contributed by atoms with E-state index >= 15 is 0 Å². The van der Waals surface area contributed by atoms with E-state index in [-0.39, 0.29) is 22.7 Å². The smallest absolute Gasteiger partial charge is 0.291 e. The van der Waals surface area contributed by atoms with Crippen molar-refractivity contribution in [3.8, 4) is 0 Å². The van der Waals surface area contributed by atoms with Crippen LogP contribution in [0.2, 0.25) is 5.15 Å². The van der Waals surface area contributed by atoms with Gasteiger partial charge < -0.3 is 15.1 Å². The highest BCUT2D eigenvalue weighted by atomic mass is 35.5. The molecule has 2 N–H and O–H groups in total. The largest absolute Gasteiger partial charge is 0.459 e. The van der Waals surface area contributed by atoms with Crippen molar-refractivity contribution in [1.82, 2.24) is 10.3 Å². The number of hydrogen-bond acceptors (Lipinski definition) is 4. The number of amides is 2. The van der Waals surface area contributed by atoms with Crippen LogP contribution in [0.1, 0.15) is 26.5 Å². The molecule has 0 saturated heterocycles. The zero-order valence-corrected chi connectivity index (χ0v) is 13.8. The van der Waals surface area contributed by atoms with Gasteiger partial charge in [-0.1, -0.05) is 23.7 Å². The molecule has 3 rings (SSSR count). The molecule has 1 aromatic carbocycles. The monoisotopic (exact) mass is 355 g/mol. The van der Waals surface area contributed by atoms with Crippen LogP contribution in [0.3, 0.4) is 0 Å². The molecule has 2 amide bonds. The minimum absolute atomic E-state index is 0.237. The van der Waals surface area contributed by atoms with Gasteiger partial charge in [-0.2, -0.15) is 0 Å². The number of carbonyl (C=O) groups is 2. The minimum Gasteiger partial charge on any atom is -0.459 e. The maximum absolute atomic E-state index is 12.0. The highest BCUT2D eigenvalue weighted by Crippen LogP contribution is 2.12. The molecule has 3 aromatic rings. The number of halogens is 1. The van der Waals surface area contributed by atoms with Crippen molar-refractivity contribution in [2.45, 2.75) is 6.54 Å². The van der Waals surface area contributed by atoms with Crippen molar-refractivity contribution in [3.63, 3.8) is 0 Å². The first-order valence-corrected chi connectivity index (χ1v) is 7.83. The summed E-state index contributed by atoms with van der Waals surface area (Å²) < 4.78 is 5.03. The lowest BCUT2D eigenvalue weighted by Crippen LogP contribution is -2.22. The number of hydrogen-bond donors (Lipinski definition) is 2. The molecule has 7 heteroatoms. The first-order valence-electron chi connectivity index (χ1n) is 7.45. The van der Waals surface area contributed by atoms with E-state index in [1.165, 1.54) is 18.5 Å². The van der Waals surface area contributed by atoms with Gasteiger partial charge in [0.15, 0.2) is 5.76 Å². The van der Waals surface area contributed by atoms with E-state index in [1.54, 1.807) is 30.3 Å². The Labute approximate surface area is 148 Å². The fourth-order valence-electron chi connectivity index (χ4n) is 2.13. The molecule has 0 aliphatic carbocycles. The van der Waals surface area contributed by atoms with Gasteiger partial charge in [0.1, 0.15) is 5.15 Å². The van der Waals surface area contributed by atoms with Crippen LogP contribution >= 0.6 is 11.6 Å². The molecule has 126 valence electrons. The van der Waals surface area contributed by atoms with Gasteiger partial charge in [0, 0.05) is 24.0 Å². The summed E-state index contributed by atoms with van der Waals surface area (Å²) in [5, 5.41) is 5.79. The molecule has 0 saturated carbocycles. The summed E-state index contributed by atoms with van der Waals surface area (Å²) >= 11 is 5.77. The van der Waals surface area contributed by atoms with Crippen LogP contribution in [0.5, 0.6) is 0 Å². The summed E-state index contributed by atoms with van der Waals surface area (Å²) in [5.41, 5.74) is 1.98. The fraction of sp³-hybridized carbons (Fsp3) is 0.0556. The van der Waals surface area contributed by atoms with Crippen LogP contribution in [0.4, 0.5) is 5.69 Å². The fourth-order valence-corrected chi connectivity index (χ4v) is 2.31. The summed E-state index contributed by atoms with van der Waals surface area (Å²) in [5.74, 6) is -0.313. The first kappa shape index (κ1) is 16.7. The summed E-state index contributed by atoms with van der Waals surface area (Å²) in [7, 11) is 0. The molecule has 0 bridgehead atoms. The number of nitrogens with one attached hydrogen (secondary N) is 2. The average molecular weight is 356 g/mol. The molecular weight excluding hydrogens is 342 g/mol. The van der Waals surface area contributed by atoms with Gasteiger partial charge in [0.2, 0.25) is 0 Å². The van der Waals surface area contributed by atoms with Crippen LogP contribution in [0.25, 0.3) is 0 Å². The third kappa shape index (κ3) is 4.45. The van der Waals surface area contributed by atoms with Gasteiger partial charge in [-0.25, -0.2) is 4.98 Å². The van der Waals surface area contributed by atoms with Gasteiger partial charge >= 0.3 is 0 Å². The Hall–Kier alpha value is -3.12. The van der Waals surface area contributed by atoms with Crippen LogP contribution in [-0.4, -0.2) is 16.8 Å². The van der Waals surface area contributed by atoms with Crippen LogP contribution in [-0.2, 0) is 6.54 Å². The Morgan fingerprint density at radius 3 is 2.56 bits per heavy atom. The van der Waals surface area contributed by atoms with Crippen molar-refractivity contribution in [2.24, 2.45) is 0 Å². The predicted octanol–water partition coefficient (Wildman–Crippen LogP) is 3.51. The molecule has 0 unspecified atom stereocenters. The molecule has 2 aromatic heterocycles. The zero-order valence-electron chi connectivity index (χ0n) is 13.0. The Morgan fingerprint density at radius 2 is 1.88 bits per heavy atom. The number of carbonyl (C=O) groups excluding carboxylic acids is 2. The number of aromatic nitrogens is 1. The summed E-state index contributed by atoms with van der Waals surface area (Å²) in [6, 6.07) is 13.5. The van der Waals surface area contributed by atoms with E-state index in [0.29, 0.717) is 17.8 Å². The molecule has 2 heterocycles. The molecule has 0 fully saturated rings. The second kappa shape index (κ2) is 7.63. The first-order chi connectivity index (χ1) is 12.1. The highest BCUT2D eigenvalue weighted by molar-refractivity contribution is 6.29. The lowest BCUT2D eigenvalue weighted by Gasteiger charge is -2.07. The molecule has 0 aliphatic heterocycles. The van der Waals surface area contributed by atoms with E-state index in [4.69, 9.17) is 16.0 Å². The molecular formula is C18H14ClN3O3. The lowest BCUT2D eigenvalue weighted by molar-refractivity contribution is 0.0949.